The van der Waals surface area contributed by atoms with Crippen molar-refractivity contribution in [1.82, 2.24) is 0 Å². The van der Waals surface area contributed by atoms with Gasteiger partial charge in [-0.1, -0.05) is 6.42 Å². The second-order valence-electron chi connectivity index (χ2n) is 8.23. The minimum atomic E-state index is 0.00643. The van der Waals surface area contributed by atoms with Crippen molar-refractivity contribution in [3.05, 3.63) is 0 Å². The molecule has 0 aromatic rings. The van der Waals surface area contributed by atoms with Crippen LogP contribution < -0.4 is 0 Å². The van der Waals surface area contributed by atoms with Crippen molar-refractivity contribution in [2.75, 3.05) is 0 Å². The van der Waals surface area contributed by atoms with Crippen molar-refractivity contribution in [3.8, 4) is 0 Å². The highest BCUT2D eigenvalue weighted by Crippen LogP contribution is 2.60. The van der Waals surface area contributed by atoms with Crippen LogP contribution in [0.2, 0.25) is 0 Å². The maximum absolute atomic E-state index is 13.0. The van der Waals surface area contributed by atoms with Crippen molar-refractivity contribution in [2.24, 2.45) is 29.1 Å². The Labute approximate surface area is 121 Å². The van der Waals surface area contributed by atoms with Gasteiger partial charge < -0.3 is 0 Å². The molecule has 5 saturated carbocycles. The highest BCUT2D eigenvalue weighted by atomic mass is 16.1. The standard InChI is InChI=1S/C18H26O2/c19-16-4-2-1-3-15(16)8-17(20)18-9-12-5-13(10-18)7-14(6-12)11-18/h12-15H,1-11H2. The van der Waals surface area contributed by atoms with Crippen LogP contribution >= 0.6 is 0 Å². The van der Waals surface area contributed by atoms with Crippen molar-refractivity contribution in [3.63, 3.8) is 0 Å². The molecule has 5 aliphatic carbocycles. The molecule has 1 atom stereocenters. The Morgan fingerprint density at radius 2 is 1.60 bits per heavy atom. The molecule has 0 radical (unpaired) electrons. The maximum atomic E-state index is 13.0. The molecule has 0 aromatic heterocycles. The van der Waals surface area contributed by atoms with Gasteiger partial charge in [0.15, 0.2) is 0 Å². The lowest BCUT2D eigenvalue weighted by Gasteiger charge is -2.56. The molecular formula is C18H26O2. The van der Waals surface area contributed by atoms with E-state index in [1.165, 1.54) is 19.3 Å². The molecule has 5 aliphatic rings. The van der Waals surface area contributed by atoms with E-state index in [9.17, 15) is 9.59 Å². The lowest BCUT2D eigenvalue weighted by atomic mass is 9.48. The van der Waals surface area contributed by atoms with E-state index in [0.29, 0.717) is 18.0 Å². The smallest absolute Gasteiger partial charge is 0.139 e. The molecule has 4 bridgehead atoms. The Balaban J connectivity index is 1.49. The lowest BCUT2D eigenvalue weighted by molar-refractivity contribution is -0.146. The summed E-state index contributed by atoms with van der Waals surface area (Å²) in [5.41, 5.74) is 0.00643. The number of carbonyl (C=O) groups is 2. The minimum Gasteiger partial charge on any atom is -0.299 e. The number of hydrogen-bond donors (Lipinski definition) is 0. The lowest BCUT2D eigenvalue weighted by Crippen LogP contribution is -2.50. The molecule has 0 N–H and O–H groups in total. The zero-order chi connectivity index (χ0) is 13.7. The van der Waals surface area contributed by atoms with Gasteiger partial charge in [0, 0.05) is 24.2 Å². The van der Waals surface area contributed by atoms with Gasteiger partial charge in [0.25, 0.3) is 0 Å². The third-order valence-corrected chi connectivity index (χ3v) is 6.74. The summed E-state index contributed by atoms with van der Waals surface area (Å²) >= 11 is 0. The van der Waals surface area contributed by atoms with Gasteiger partial charge in [0.1, 0.15) is 11.6 Å². The largest absolute Gasteiger partial charge is 0.299 e. The van der Waals surface area contributed by atoms with E-state index >= 15 is 0 Å². The van der Waals surface area contributed by atoms with Crippen molar-refractivity contribution in [2.45, 2.75) is 70.6 Å². The van der Waals surface area contributed by atoms with Crippen LogP contribution in [0.15, 0.2) is 0 Å². The summed E-state index contributed by atoms with van der Waals surface area (Å²) in [4.78, 5) is 25.0. The summed E-state index contributed by atoms with van der Waals surface area (Å²) in [6.07, 6.45) is 12.1. The molecule has 5 rings (SSSR count). The first-order valence-electron chi connectivity index (χ1n) is 8.71. The molecule has 110 valence electrons. The average molecular weight is 274 g/mol. The van der Waals surface area contributed by atoms with Gasteiger partial charge in [-0.05, 0) is 69.1 Å². The van der Waals surface area contributed by atoms with Gasteiger partial charge in [-0.25, -0.2) is 0 Å². The Bertz CT molecular complexity index is 401. The van der Waals surface area contributed by atoms with Crippen LogP contribution in [0.4, 0.5) is 0 Å². The quantitative estimate of drug-likeness (QED) is 0.781. The van der Waals surface area contributed by atoms with Gasteiger partial charge in [0.05, 0.1) is 0 Å². The van der Waals surface area contributed by atoms with Crippen molar-refractivity contribution in [1.29, 1.82) is 0 Å². The van der Waals surface area contributed by atoms with E-state index in [2.05, 4.69) is 0 Å². The second-order valence-corrected chi connectivity index (χ2v) is 8.23. The van der Waals surface area contributed by atoms with Crippen LogP contribution in [0.1, 0.15) is 70.6 Å². The van der Waals surface area contributed by atoms with Crippen molar-refractivity contribution >= 4 is 11.6 Å². The van der Waals surface area contributed by atoms with Crippen LogP contribution in [0, 0.1) is 29.1 Å². The fourth-order valence-electron chi connectivity index (χ4n) is 6.16. The first kappa shape index (κ1) is 13.0. The molecule has 0 aliphatic heterocycles. The van der Waals surface area contributed by atoms with E-state index in [1.54, 1.807) is 0 Å². The molecule has 5 fully saturated rings. The third-order valence-electron chi connectivity index (χ3n) is 6.74. The molecule has 0 spiro atoms. The second kappa shape index (κ2) is 4.68. The topological polar surface area (TPSA) is 34.1 Å². The molecular weight excluding hydrogens is 248 g/mol. The van der Waals surface area contributed by atoms with Gasteiger partial charge in [-0.3, -0.25) is 9.59 Å². The number of carbonyl (C=O) groups excluding carboxylic acids is 2. The maximum Gasteiger partial charge on any atom is 0.139 e. The van der Waals surface area contributed by atoms with Crippen LogP contribution in [0.25, 0.3) is 0 Å². The normalized spacial score (nSPS) is 46.7. The Kier molecular flexibility index (Phi) is 3.05. The third kappa shape index (κ3) is 2.07. The van der Waals surface area contributed by atoms with Crippen LogP contribution in [0.5, 0.6) is 0 Å². The van der Waals surface area contributed by atoms with Gasteiger partial charge in [-0.2, -0.15) is 0 Å². The Morgan fingerprint density at radius 3 is 2.15 bits per heavy atom. The summed E-state index contributed by atoms with van der Waals surface area (Å²) in [5, 5.41) is 0. The summed E-state index contributed by atoms with van der Waals surface area (Å²) in [6.45, 7) is 0. The van der Waals surface area contributed by atoms with Crippen LogP contribution in [-0.4, -0.2) is 11.6 Å². The highest BCUT2D eigenvalue weighted by Gasteiger charge is 2.54. The fourth-order valence-corrected chi connectivity index (χ4v) is 6.16. The predicted octanol–water partition coefficient (Wildman–Crippen LogP) is 3.92. The first-order valence-corrected chi connectivity index (χ1v) is 8.71. The average Bonchev–Trinajstić information content (AvgIpc) is 2.40. The first-order chi connectivity index (χ1) is 9.64. The molecule has 0 amide bonds. The summed E-state index contributed by atoms with van der Waals surface area (Å²) in [6, 6.07) is 0. The minimum absolute atomic E-state index is 0.00643. The van der Waals surface area contributed by atoms with E-state index < -0.39 is 0 Å². The number of Topliss-reactive ketones (excluding diaryl/α,β-unsaturated/α-hetero) is 2. The highest BCUT2D eigenvalue weighted by molar-refractivity contribution is 5.91. The molecule has 2 heteroatoms. The summed E-state index contributed by atoms with van der Waals surface area (Å²) in [5.74, 6) is 3.39. The molecule has 0 aromatic carbocycles. The number of rotatable bonds is 3. The van der Waals surface area contributed by atoms with Gasteiger partial charge in [0.2, 0.25) is 0 Å². The Morgan fingerprint density at radius 1 is 1.00 bits per heavy atom. The molecule has 0 heterocycles. The van der Waals surface area contributed by atoms with E-state index in [4.69, 9.17) is 0 Å². The molecule has 1 unspecified atom stereocenters. The predicted molar refractivity (Wildman–Crippen MR) is 77.2 cm³/mol. The summed E-state index contributed by atoms with van der Waals surface area (Å²) < 4.78 is 0. The van der Waals surface area contributed by atoms with Gasteiger partial charge >= 0.3 is 0 Å². The monoisotopic (exact) mass is 274 g/mol. The van der Waals surface area contributed by atoms with E-state index in [1.807, 2.05) is 0 Å². The zero-order valence-electron chi connectivity index (χ0n) is 12.4. The zero-order valence-corrected chi connectivity index (χ0v) is 12.4. The molecule has 2 nitrogen and oxygen atoms in total. The summed E-state index contributed by atoms with van der Waals surface area (Å²) in [7, 11) is 0. The molecule has 0 saturated heterocycles. The fraction of sp³-hybridized carbons (Fsp3) is 0.889. The van der Waals surface area contributed by atoms with Crippen molar-refractivity contribution < 1.29 is 9.59 Å². The van der Waals surface area contributed by atoms with E-state index in [-0.39, 0.29) is 11.3 Å². The van der Waals surface area contributed by atoms with Crippen LogP contribution in [-0.2, 0) is 9.59 Å². The molecule has 20 heavy (non-hydrogen) atoms. The number of ketones is 2. The van der Waals surface area contributed by atoms with E-state index in [0.717, 1.165) is 62.7 Å². The Hall–Kier alpha value is -0.660. The van der Waals surface area contributed by atoms with Crippen LogP contribution in [0.3, 0.4) is 0 Å². The SMILES string of the molecule is O=C1CCCCC1CC(=O)C12CC3CC(CC(C3)C1)C2. The number of hydrogen-bond acceptors (Lipinski definition) is 2. The van der Waals surface area contributed by atoms with Gasteiger partial charge in [-0.15, -0.1) is 0 Å².